The van der Waals surface area contributed by atoms with Gasteiger partial charge in [-0.15, -0.1) is 0 Å². The molecule has 0 saturated carbocycles. The van der Waals surface area contributed by atoms with E-state index in [1.54, 1.807) is 33.0 Å². The predicted molar refractivity (Wildman–Crippen MR) is 85.3 cm³/mol. The van der Waals surface area contributed by atoms with E-state index in [1.807, 2.05) is 0 Å². The number of benzene rings is 1. The molecule has 0 aliphatic heterocycles. The Bertz CT molecular complexity index is 614. The van der Waals surface area contributed by atoms with Crippen molar-refractivity contribution in [3.8, 4) is 11.5 Å². The Labute approximate surface area is 131 Å². The number of nitrogens with one attached hydrogen (secondary N) is 1. The second kappa shape index (κ2) is 6.42. The minimum absolute atomic E-state index is 0.321. The molecule has 0 aliphatic carbocycles. The van der Waals surface area contributed by atoms with E-state index >= 15 is 0 Å². The molecule has 0 fully saturated rings. The molecule has 0 saturated heterocycles. The molecule has 0 aromatic heterocycles. The number of ether oxygens (including phenoxy) is 2. The standard InChI is InChI=1S/C14H22ClNO4S/c1-14(2,21(6,17)18)13(16-3)9-7-8-10(19-4)11(15)12(9)20-5/h7-8,13,16H,1-6H3. The van der Waals surface area contributed by atoms with Crippen molar-refractivity contribution in [1.82, 2.24) is 5.32 Å². The summed E-state index contributed by atoms with van der Waals surface area (Å²) in [5.41, 5.74) is 0.668. The first-order valence-corrected chi connectivity index (χ1v) is 8.66. The SMILES string of the molecule is CNC(c1ccc(OC)c(Cl)c1OC)C(C)(C)S(C)(=O)=O. The van der Waals surface area contributed by atoms with Gasteiger partial charge in [0.25, 0.3) is 0 Å². The van der Waals surface area contributed by atoms with Crippen molar-refractivity contribution in [3.05, 3.63) is 22.7 Å². The molecule has 1 N–H and O–H groups in total. The zero-order valence-corrected chi connectivity index (χ0v) is 14.7. The molecular formula is C14H22ClNO4S. The van der Waals surface area contributed by atoms with Crippen molar-refractivity contribution in [2.45, 2.75) is 24.6 Å². The van der Waals surface area contributed by atoms with Gasteiger partial charge in [0.1, 0.15) is 16.5 Å². The number of rotatable bonds is 6. The summed E-state index contributed by atoms with van der Waals surface area (Å²) in [6.45, 7) is 3.34. The van der Waals surface area contributed by atoms with E-state index in [1.165, 1.54) is 20.5 Å². The van der Waals surface area contributed by atoms with Gasteiger partial charge in [-0.25, -0.2) is 8.42 Å². The van der Waals surface area contributed by atoms with Crippen LogP contribution in [0.3, 0.4) is 0 Å². The Morgan fingerprint density at radius 1 is 1.24 bits per heavy atom. The monoisotopic (exact) mass is 335 g/mol. The van der Waals surface area contributed by atoms with Gasteiger partial charge in [0.2, 0.25) is 0 Å². The summed E-state index contributed by atoms with van der Waals surface area (Å²) in [6, 6.07) is 2.98. The lowest BCUT2D eigenvalue weighted by molar-refractivity contribution is 0.375. The summed E-state index contributed by atoms with van der Waals surface area (Å²) in [7, 11) is 1.40. The maximum absolute atomic E-state index is 12.1. The number of methoxy groups -OCH3 is 2. The zero-order valence-electron chi connectivity index (χ0n) is 13.2. The maximum atomic E-state index is 12.1. The first-order chi connectivity index (χ1) is 9.61. The van der Waals surface area contributed by atoms with E-state index in [-0.39, 0.29) is 0 Å². The van der Waals surface area contributed by atoms with E-state index < -0.39 is 20.6 Å². The highest BCUT2D eigenvalue weighted by atomic mass is 35.5. The molecule has 0 spiro atoms. The average Bonchev–Trinajstić information content (AvgIpc) is 2.38. The Kier molecular flexibility index (Phi) is 5.52. The fourth-order valence-electron chi connectivity index (χ4n) is 2.24. The zero-order chi connectivity index (χ0) is 16.4. The number of hydrogen-bond acceptors (Lipinski definition) is 5. The highest BCUT2D eigenvalue weighted by Crippen LogP contribution is 2.43. The summed E-state index contributed by atoms with van der Waals surface area (Å²) < 4.78 is 33.7. The van der Waals surface area contributed by atoms with Crippen LogP contribution in [0.4, 0.5) is 0 Å². The molecule has 0 heterocycles. The van der Waals surface area contributed by atoms with E-state index in [0.717, 1.165) is 0 Å². The van der Waals surface area contributed by atoms with Gasteiger partial charge in [-0.05, 0) is 33.0 Å². The third-order valence-corrected chi connectivity index (χ3v) is 6.27. The van der Waals surface area contributed by atoms with Crippen LogP contribution in [0.15, 0.2) is 12.1 Å². The van der Waals surface area contributed by atoms with E-state index in [9.17, 15) is 8.42 Å². The van der Waals surface area contributed by atoms with Crippen molar-refractivity contribution in [3.63, 3.8) is 0 Å². The average molecular weight is 336 g/mol. The van der Waals surface area contributed by atoms with Crippen molar-refractivity contribution in [1.29, 1.82) is 0 Å². The van der Waals surface area contributed by atoms with Gasteiger partial charge in [-0.2, -0.15) is 0 Å². The molecule has 0 radical (unpaired) electrons. The van der Waals surface area contributed by atoms with Crippen LogP contribution in [0.5, 0.6) is 11.5 Å². The minimum Gasteiger partial charge on any atom is -0.495 e. The predicted octanol–water partition coefficient (Wildman–Crippen LogP) is 2.44. The van der Waals surface area contributed by atoms with Gasteiger partial charge in [0.15, 0.2) is 9.84 Å². The van der Waals surface area contributed by atoms with Crippen molar-refractivity contribution >= 4 is 21.4 Å². The van der Waals surface area contributed by atoms with Crippen molar-refractivity contribution in [2.24, 2.45) is 0 Å². The Balaban J connectivity index is 3.53. The third kappa shape index (κ3) is 3.27. The number of halogens is 1. The van der Waals surface area contributed by atoms with Crippen LogP contribution in [0.2, 0.25) is 5.02 Å². The van der Waals surface area contributed by atoms with Gasteiger partial charge in [-0.1, -0.05) is 11.6 Å². The topological polar surface area (TPSA) is 64.6 Å². The molecule has 21 heavy (non-hydrogen) atoms. The maximum Gasteiger partial charge on any atom is 0.154 e. The summed E-state index contributed by atoms with van der Waals surface area (Å²) >= 11 is 6.25. The van der Waals surface area contributed by atoms with Crippen molar-refractivity contribution in [2.75, 3.05) is 27.5 Å². The lowest BCUT2D eigenvalue weighted by atomic mass is 9.94. The molecule has 1 atom stereocenters. The smallest absolute Gasteiger partial charge is 0.154 e. The van der Waals surface area contributed by atoms with Gasteiger partial charge in [-0.3, -0.25) is 0 Å². The van der Waals surface area contributed by atoms with Crippen LogP contribution in [-0.2, 0) is 9.84 Å². The summed E-state index contributed by atoms with van der Waals surface area (Å²) in [4.78, 5) is 0. The lowest BCUT2D eigenvalue weighted by Crippen LogP contribution is -2.44. The first kappa shape index (κ1) is 18.1. The Morgan fingerprint density at radius 2 is 1.81 bits per heavy atom. The molecule has 1 rings (SSSR count). The molecule has 120 valence electrons. The molecule has 0 amide bonds. The van der Waals surface area contributed by atoms with E-state index in [4.69, 9.17) is 21.1 Å². The quantitative estimate of drug-likeness (QED) is 0.865. The van der Waals surface area contributed by atoms with Crippen LogP contribution < -0.4 is 14.8 Å². The van der Waals surface area contributed by atoms with Crippen LogP contribution >= 0.6 is 11.6 Å². The highest BCUT2D eigenvalue weighted by Gasteiger charge is 2.41. The molecule has 0 bridgehead atoms. The molecule has 1 unspecified atom stereocenters. The normalized spacial score (nSPS) is 13.9. The highest BCUT2D eigenvalue weighted by molar-refractivity contribution is 7.92. The second-order valence-corrected chi connectivity index (χ2v) is 8.28. The van der Waals surface area contributed by atoms with Crippen molar-refractivity contribution < 1.29 is 17.9 Å². The van der Waals surface area contributed by atoms with Crippen LogP contribution in [0.25, 0.3) is 0 Å². The molecule has 7 heteroatoms. The lowest BCUT2D eigenvalue weighted by Gasteiger charge is -2.33. The Morgan fingerprint density at radius 3 is 2.19 bits per heavy atom. The fourth-order valence-corrected chi connectivity index (χ4v) is 3.24. The Hall–Kier alpha value is -0.980. The fraction of sp³-hybridized carbons (Fsp3) is 0.571. The van der Waals surface area contributed by atoms with Gasteiger partial charge < -0.3 is 14.8 Å². The molecule has 0 aliphatic rings. The van der Waals surface area contributed by atoms with E-state index in [0.29, 0.717) is 22.1 Å². The molecule has 1 aromatic carbocycles. The van der Waals surface area contributed by atoms with Gasteiger partial charge >= 0.3 is 0 Å². The molecular weight excluding hydrogens is 314 g/mol. The molecule has 1 aromatic rings. The van der Waals surface area contributed by atoms with Crippen LogP contribution in [0, 0.1) is 0 Å². The van der Waals surface area contributed by atoms with E-state index in [2.05, 4.69) is 5.32 Å². The summed E-state index contributed by atoms with van der Waals surface area (Å²) in [5.74, 6) is 0.886. The molecule has 5 nitrogen and oxygen atoms in total. The second-order valence-electron chi connectivity index (χ2n) is 5.30. The largest absolute Gasteiger partial charge is 0.495 e. The minimum atomic E-state index is -3.31. The summed E-state index contributed by atoms with van der Waals surface area (Å²) in [5, 5.41) is 3.37. The van der Waals surface area contributed by atoms with Crippen LogP contribution in [-0.4, -0.2) is 40.7 Å². The number of hydrogen-bond donors (Lipinski definition) is 1. The first-order valence-electron chi connectivity index (χ1n) is 6.39. The third-order valence-electron chi connectivity index (χ3n) is 3.77. The van der Waals surface area contributed by atoms with Crippen LogP contribution in [0.1, 0.15) is 25.5 Å². The van der Waals surface area contributed by atoms with Gasteiger partial charge in [0.05, 0.1) is 25.0 Å². The number of sulfone groups is 1. The summed E-state index contributed by atoms with van der Waals surface area (Å²) in [6.07, 6.45) is 1.22. The van der Waals surface area contributed by atoms with Gasteiger partial charge in [0, 0.05) is 11.8 Å².